The number of imide groups is 1. The highest BCUT2D eigenvalue weighted by molar-refractivity contribution is 7.80. The number of hydrogen-bond donors (Lipinski definition) is 2. The average Bonchev–Trinajstić information content (AvgIpc) is 2.85. The summed E-state index contributed by atoms with van der Waals surface area (Å²) in [5, 5.41) is 2.62. The Morgan fingerprint density at radius 1 is 0.960 bits per heavy atom. The maximum atomic E-state index is 13.0. The Labute approximate surface area is 144 Å². The number of nitrogens with one attached hydrogen (secondary N) is 1. The van der Waals surface area contributed by atoms with Gasteiger partial charge in [0.2, 0.25) is 0 Å². The highest BCUT2D eigenvalue weighted by Gasteiger charge is 2.53. The predicted molar refractivity (Wildman–Crippen MR) is 86.5 cm³/mol. The molecule has 0 saturated carbocycles. The summed E-state index contributed by atoms with van der Waals surface area (Å²) in [6.45, 7) is -0.926. The summed E-state index contributed by atoms with van der Waals surface area (Å²) in [5.41, 5.74) is -0.495. The molecule has 0 bridgehead atoms. The van der Waals surface area contributed by atoms with E-state index in [1.807, 2.05) is 0 Å². The van der Waals surface area contributed by atoms with E-state index in [0.717, 1.165) is 0 Å². The Bertz CT molecular complexity index is 859. The molecule has 0 aliphatic carbocycles. The maximum absolute atomic E-state index is 13.0. The SMILES string of the molecule is O=C1NC(c2ccccc2)(c2ccccc2)C(=O)N1COS(=O)(=O)O. The summed E-state index contributed by atoms with van der Waals surface area (Å²) in [6, 6.07) is 16.3. The van der Waals surface area contributed by atoms with Crippen molar-refractivity contribution in [1.29, 1.82) is 0 Å². The minimum absolute atomic E-state index is 0.508. The van der Waals surface area contributed by atoms with Crippen molar-refractivity contribution in [3.8, 4) is 0 Å². The third-order valence-corrected chi connectivity index (χ3v) is 4.25. The third kappa shape index (κ3) is 3.12. The lowest BCUT2D eigenvalue weighted by atomic mass is 9.83. The van der Waals surface area contributed by atoms with E-state index in [2.05, 4.69) is 9.50 Å². The molecule has 1 aliphatic heterocycles. The molecule has 130 valence electrons. The van der Waals surface area contributed by atoms with E-state index in [1.165, 1.54) is 0 Å². The molecule has 2 aromatic carbocycles. The van der Waals surface area contributed by atoms with Gasteiger partial charge in [0.15, 0.2) is 12.3 Å². The van der Waals surface area contributed by atoms with Crippen molar-refractivity contribution in [2.24, 2.45) is 0 Å². The standard InChI is InChI=1S/C16H14N2O6S/c19-14-16(12-7-3-1-4-8-12,13-9-5-2-6-10-13)17-15(20)18(14)11-24-25(21,22)23/h1-10H,11H2,(H,17,20)(H,21,22,23). The van der Waals surface area contributed by atoms with E-state index in [9.17, 15) is 18.0 Å². The van der Waals surface area contributed by atoms with Crippen LogP contribution in [0, 0.1) is 0 Å². The van der Waals surface area contributed by atoms with Crippen LogP contribution >= 0.6 is 0 Å². The first kappa shape index (κ1) is 17.1. The van der Waals surface area contributed by atoms with Gasteiger partial charge in [-0.05, 0) is 11.1 Å². The van der Waals surface area contributed by atoms with Crippen molar-refractivity contribution in [1.82, 2.24) is 10.2 Å². The summed E-state index contributed by atoms with van der Waals surface area (Å²) >= 11 is 0. The van der Waals surface area contributed by atoms with E-state index in [-0.39, 0.29) is 0 Å². The lowest BCUT2D eigenvalue weighted by molar-refractivity contribution is -0.132. The molecule has 1 aliphatic rings. The topological polar surface area (TPSA) is 113 Å². The van der Waals surface area contributed by atoms with Gasteiger partial charge in [0, 0.05) is 0 Å². The monoisotopic (exact) mass is 362 g/mol. The van der Waals surface area contributed by atoms with Crippen molar-refractivity contribution >= 4 is 22.3 Å². The summed E-state index contributed by atoms with van der Waals surface area (Å²) in [4.78, 5) is 25.9. The average molecular weight is 362 g/mol. The summed E-state index contributed by atoms with van der Waals surface area (Å²) in [5.74, 6) is -0.710. The van der Waals surface area contributed by atoms with Crippen molar-refractivity contribution < 1.29 is 26.7 Å². The molecule has 0 atom stereocenters. The highest BCUT2D eigenvalue weighted by atomic mass is 32.3. The molecule has 8 nitrogen and oxygen atoms in total. The van der Waals surface area contributed by atoms with Gasteiger partial charge in [0.1, 0.15) is 0 Å². The van der Waals surface area contributed by atoms with Crippen LogP contribution in [0.2, 0.25) is 0 Å². The molecule has 0 spiro atoms. The molecule has 1 heterocycles. The van der Waals surface area contributed by atoms with E-state index < -0.39 is 34.6 Å². The quantitative estimate of drug-likeness (QED) is 0.612. The molecule has 0 unspecified atom stereocenters. The molecule has 2 aromatic rings. The van der Waals surface area contributed by atoms with Crippen LogP contribution in [0.3, 0.4) is 0 Å². The lowest BCUT2D eigenvalue weighted by Crippen LogP contribution is -2.45. The fraction of sp³-hybridized carbons (Fsp3) is 0.125. The fourth-order valence-electron chi connectivity index (χ4n) is 2.75. The molecule has 25 heavy (non-hydrogen) atoms. The van der Waals surface area contributed by atoms with Crippen LogP contribution in [0.25, 0.3) is 0 Å². The largest absolute Gasteiger partial charge is 0.399 e. The van der Waals surface area contributed by atoms with E-state index in [0.29, 0.717) is 16.0 Å². The Balaban J connectivity index is 2.08. The second kappa shape index (κ2) is 6.28. The number of urea groups is 1. The van der Waals surface area contributed by atoms with Gasteiger partial charge < -0.3 is 5.32 Å². The van der Waals surface area contributed by atoms with Crippen LogP contribution in [-0.2, 0) is 24.9 Å². The first-order chi connectivity index (χ1) is 11.8. The number of hydrogen-bond acceptors (Lipinski definition) is 5. The Kier molecular flexibility index (Phi) is 4.29. The van der Waals surface area contributed by atoms with Crippen molar-refractivity contribution in [3.63, 3.8) is 0 Å². The Hall–Kier alpha value is -2.75. The van der Waals surface area contributed by atoms with Crippen molar-refractivity contribution in [2.75, 3.05) is 6.73 Å². The van der Waals surface area contributed by atoms with Crippen molar-refractivity contribution in [2.45, 2.75) is 5.54 Å². The molecular weight excluding hydrogens is 348 g/mol. The summed E-state index contributed by atoms with van der Waals surface area (Å²) in [7, 11) is -4.80. The second-order valence-corrected chi connectivity index (χ2v) is 6.41. The number of nitrogens with zero attached hydrogens (tertiary/aromatic N) is 1. The third-order valence-electron chi connectivity index (χ3n) is 3.85. The summed E-state index contributed by atoms with van der Waals surface area (Å²) in [6.07, 6.45) is 0. The zero-order chi connectivity index (χ0) is 18.1. The zero-order valence-electron chi connectivity index (χ0n) is 12.8. The van der Waals surface area contributed by atoms with Gasteiger partial charge in [-0.25, -0.2) is 13.9 Å². The minimum atomic E-state index is -4.80. The van der Waals surface area contributed by atoms with E-state index >= 15 is 0 Å². The highest BCUT2D eigenvalue weighted by Crippen LogP contribution is 2.35. The minimum Gasteiger partial charge on any atom is -0.315 e. The van der Waals surface area contributed by atoms with Crippen LogP contribution < -0.4 is 5.32 Å². The molecule has 3 amide bonds. The molecule has 2 N–H and O–H groups in total. The molecule has 1 fully saturated rings. The number of benzene rings is 2. The molecule has 1 saturated heterocycles. The van der Waals surface area contributed by atoms with E-state index in [1.54, 1.807) is 60.7 Å². The Morgan fingerprint density at radius 3 is 1.88 bits per heavy atom. The van der Waals surface area contributed by atoms with E-state index in [4.69, 9.17) is 4.55 Å². The first-order valence-electron chi connectivity index (χ1n) is 7.21. The van der Waals surface area contributed by atoms with Gasteiger partial charge in [-0.3, -0.25) is 9.35 Å². The van der Waals surface area contributed by atoms with Crippen molar-refractivity contribution in [3.05, 3.63) is 71.8 Å². The maximum Gasteiger partial charge on any atom is 0.399 e. The first-order valence-corrected chi connectivity index (χ1v) is 8.58. The van der Waals surface area contributed by atoms with Gasteiger partial charge in [0.05, 0.1) is 0 Å². The number of carbonyl (C=O) groups excluding carboxylic acids is 2. The van der Waals surface area contributed by atoms with Gasteiger partial charge in [-0.15, -0.1) is 0 Å². The van der Waals surface area contributed by atoms with Gasteiger partial charge in [0.25, 0.3) is 5.91 Å². The number of amides is 3. The zero-order valence-corrected chi connectivity index (χ0v) is 13.6. The second-order valence-electron chi connectivity index (χ2n) is 5.32. The van der Waals surface area contributed by atoms with Gasteiger partial charge in [-0.1, -0.05) is 60.7 Å². The summed E-state index contributed by atoms with van der Waals surface area (Å²) < 4.78 is 34.4. The van der Waals surface area contributed by atoms with Gasteiger partial charge >= 0.3 is 16.4 Å². The predicted octanol–water partition coefficient (Wildman–Crippen LogP) is 1.26. The van der Waals surface area contributed by atoms with Crippen LogP contribution in [0.5, 0.6) is 0 Å². The number of carbonyl (C=O) groups is 2. The van der Waals surface area contributed by atoms with Crippen LogP contribution in [0.1, 0.15) is 11.1 Å². The Morgan fingerprint density at radius 2 is 1.44 bits per heavy atom. The molecule has 9 heteroatoms. The molecular formula is C16H14N2O6S. The molecule has 3 rings (SSSR count). The fourth-order valence-corrected chi connectivity index (χ4v) is 2.99. The normalized spacial score (nSPS) is 16.8. The number of rotatable bonds is 5. The lowest BCUT2D eigenvalue weighted by Gasteiger charge is -2.27. The van der Waals surface area contributed by atoms with Crippen LogP contribution in [0.15, 0.2) is 60.7 Å². The van der Waals surface area contributed by atoms with Crippen LogP contribution in [0.4, 0.5) is 4.79 Å². The molecule has 0 aromatic heterocycles. The van der Waals surface area contributed by atoms with Gasteiger partial charge in [-0.2, -0.15) is 8.42 Å². The molecule has 0 radical (unpaired) electrons. The smallest absolute Gasteiger partial charge is 0.315 e. The van der Waals surface area contributed by atoms with Crippen LogP contribution in [-0.4, -0.2) is 36.5 Å².